The Labute approximate surface area is 322 Å². The first-order chi connectivity index (χ1) is 24.4. The minimum Gasteiger partial charge on any atom is -0.662 e. The molecule has 51 heavy (non-hydrogen) atoms. The van der Waals surface area contributed by atoms with E-state index in [1.165, 1.54) is 76.5 Å². The van der Waals surface area contributed by atoms with Crippen LogP contribution < -0.4 is 21.7 Å². The molecule has 2 aliphatic rings. The number of pyridine rings is 1. The maximum Gasteiger partial charge on any atom is 2.00 e. The van der Waals surface area contributed by atoms with E-state index in [4.69, 9.17) is 10.5 Å². The summed E-state index contributed by atoms with van der Waals surface area (Å²) in [7, 11) is 2.06. The number of hydrogen-bond donors (Lipinski definition) is 4. The van der Waals surface area contributed by atoms with Crippen LogP contribution in [0.2, 0.25) is 0 Å². The number of carbonyl (C=O) groups excluding carboxylic acids is 1. The zero-order valence-corrected chi connectivity index (χ0v) is 33.8. The summed E-state index contributed by atoms with van der Waals surface area (Å²) in [6, 6.07) is 10.0. The van der Waals surface area contributed by atoms with Crippen LogP contribution in [0, 0.1) is 17.9 Å². The molecule has 0 saturated heterocycles. The number of nitrogens with two attached hydrogens (primary N) is 1. The van der Waals surface area contributed by atoms with Crippen LogP contribution in [0.3, 0.4) is 0 Å². The smallest absolute Gasteiger partial charge is 0.662 e. The van der Waals surface area contributed by atoms with Gasteiger partial charge in [0.05, 0.1) is 11.9 Å². The first kappa shape index (κ1) is 50.1. The van der Waals surface area contributed by atoms with E-state index in [1.54, 1.807) is 12.4 Å². The third kappa shape index (κ3) is 26.4. The van der Waals surface area contributed by atoms with Gasteiger partial charge in [-0.05, 0) is 88.0 Å². The molecule has 8 nitrogen and oxygen atoms in total. The second-order valence-electron chi connectivity index (χ2n) is 12.6. The normalized spacial score (nSPS) is 15.1. The van der Waals surface area contributed by atoms with E-state index in [2.05, 4.69) is 78.3 Å². The number of aromatic nitrogens is 1. The molecule has 0 spiro atoms. The van der Waals surface area contributed by atoms with Gasteiger partial charge in [0.1, 0.15) is 6.79 Å². The van der Waals surface area contributed by atoms with Crippen LogP contribution in [0.5, 0.6) is 0 Å². The molecule has 1 aromatic carbocycles. The fraction of sp³-hybridized carbons (Fsp3) is 0.548. The van der Waals surface area contributed by atoms with E-state index in [0.29, 0.717) is 6.54 Å². The molecular formula is C42H69CrN7O. The summed E-state index contributed by atoms with van der Waals surface area (Å²) >= 11 is 0. The first-order valence-electron chi connectivity index (χ1n) is 18.6. The minimum absolute atomic E-state index is 0. The minimum atomic E-state index is 0. The predicted molar refractivity (Wildman–Crippen MR) is 219 cm³/mol. The van der Waals surface area contributed by atoms with Crippen molar-refractivity contribution in [3.8, 4) is 0 Å². The van der Waals surface area contributed by atoms with Crippen molar-refractivity contribution in [3.63, 3.8) is 0 Å². The van der Waals surface area contributed by atoms with Gasteiger partial charge in [-0.3, -0.25) is 16.1 Å². The number of nitrogens with zero attached hydrogens (tertiary/aromatic N) is 3. The molecule has 5 N–H and O–H groups in total. The molecule has 1 aromatic heterocycles. The Morgan fingerprint density at radius 2 is 1.67 bits per heavy atom. The molecule has 1 fully saturated rings. The van der Waals surface area contributed by atoms with E-state index in [0.717, 1.165) is 66.1 Å². The van der Waals surface area contributed by atoms with Crippen molar-refractivity contribution in [3.05, 3.63) is 89.8 Å². The van der Waals surface area contributed by atoms with Crippen molar-refractivity contribution in [1.29, 1.82) is 0 Å². The molecule has 2 aromatic rings. The van der Waals surface area contributed by atoms with E-state index >= 15 is 0 Å². The third-order valence-corrected chi connectivity index (χ3v) is 8.00. The van der Waals surface area contributed by atoms with Crippen LogP contribution in [0.4, 0.5) is 11.4 Å². The van der Waals surface area contributed by atoms with E-state index in [9.17, 15) is 0 Å². The fourth-order valence-electron chi connectivity index (χ4n) is 5.38. The number of hydrogen-bond acceptors (Lipinski definition) is 7. The Morgan fingerprint density at radius 1 is 0.980 bits per heavy atom. The van der Waals surface area contributed by atoms with Gasteiger partial charge >= 0.3 is 17.4 Å². The number of para-hydroxylation sites is 1. The Morgan fingerprint density at radius 3 is 2.27 bits per heavy atom. The summed E-state index contributed by atoms with van der Waals surface area (Å²) in [5, 5.41) is 14.1. The fourth-order valence-corrected chi connectivity index (χ4v) is 5.38. The molecule has 0 radical (unpaired) electrons. The van der Waals surface area contributed by atoms with Crippen molar-refractivity contribution < 1.29 is 22.2 Å². The zero-order valence-electron chi connectivity index (χ0n) is 32.5. The van der Waals surface area contributed by atoms with Gasteiger partial charge in [-0.25, -0.2) is 6.08 Å². The van der Waals surface area contributed by atoms with Crippen LogP contribution in [0.15, 0.2) is 72.3 Å². The van der Waals surface area contributed by atoms with Crippen molar-refractivity contribution >= 4 is 30.5 Å². The van der Waals surface area contributed by atoms with Gasteiger partial charge in [0.15, 0.2) is 0 Å². The van der Waals surface area contributed by atoms with E-state index in [-0.39, 0.29) is 17.4 Å². The van der Waals surface area contributed by atoms with Crippen molar-refractivity contribution in [1.82, 2.24) is 15.6 Å². The summed E-state index contributed by atoms with van der Waals surface area (Å²) in [5.41, 5.74) is 11.8. The number of unbranched alkanes of at least 4 members (excludes halogenated alkanes) is 3. The average Bonchev–Trinajstić information content (AvgIpc) is 3.39. The Bertz CT molecular complexity index is 1160. The van der Waals surface area contributed by atoms with Gasteiger partial charge in [0, 0.05) is 30.7 Å². The van der Waals surface area contributed by atoms with Crippen molar-refractivity contribution in [2.24, 2.45) is 22.6 Å². The van der Waals surface area contributed by atoms with Crippen molar-refractivity contribution in [2.75, 3.05) is 38.5 Å². The van der Waals surface area contributed by atoms with Crippen LogP contribution in [0.1, 0.15) is 109 Å². The summed E-state index contributed by atoms with van der Waals surface area (Å²) in [6.07, 6.45) is 24.4. The van der Waals surface area contributed by atoms with Gasteiger partial charge in [0.2, 0.25) is 0 Å². The molecule has 4 rings (SSSR count). The number of nitrogens with one attached hydrogen (secondary N) is 3. The summed E-state index contributed by atoms with van der Waals surface area (Å²) < 4.78 is 0. The molecule has 284 valence electrons. The quantitative estimate of drug-likeness (QED) is 0.101. The second-order valence-corrected chi connectivity index (χ2v) is 12.6. The Balaban J connectivity index is 0. The largest absolute Gasteiger partial charge is 2.00 e. The van der Waals surface area contributed by atoms with Crippen LogP contribution in [-0.4, -0.2) is 51.2 Å². The molecule has 2 heterocycles. The molecule has 0 unspecified atom stereocenters. The number of allylic oxidation sites excluding steroid dienone is 3. The van der Waals surface area contributed by atoms with Crippen LogP contribution >= 0.6 is 0 Å². The molecule has 9 heteroatoms. The second kappa shape index (κ2) is 35.3. The summed E-state index contributed by atoms with van der Waals surface area (Å²) in [5.74, 6) is 1.62. The summed E-state index contributed by atoms with van der Waals surface area (Å²) in [6.45, 7) is 23.4. The Hall–Kier alpha value is -3.06. The molecule has 0 atom stereocenters. The van der Waals surface area contributed by atoms with Crippen LogP contribution in [0.25, 0.3) is 11.4 Å². The number of benzene rings is 1. The number of carbonyl (C=O) groups is 1. The van der Waals surface area contributed by atoms with Crippen molar-refractivity contribution in [2.45, 2.75) is 105 Å². The van der Waals surface area contributed by atoms with Gasteiger partial charge in [-0.1, -0.05) is 90.7 Å². The Kier molecular flexibility index (Phi) is 34.7. The van der Waals surface area contributed by atoms with Crippen LogP contribution in [-0.2, 0) is 28.7 Å². The zero-order chi connectivity index (χ0) is 37.2. The van der Waals surface area contributed by atoms with E-state index < -0.39 is 0 Å². The number of anilines is 1. The number of aliphatic imine (C=N–C) groups is 1. The monoisotopic (exact) mass is 739 g/mol. The van der Waals surface area contributed by atoms with E-state index in [1.807, 2.05) is 56.3 Å². The van der Waals surface area contributed by atoms with Gasteiger partial charge in [0.25, 0.3) is 0 Å². The van der Waals surface area contributed by atoms with Gasteiger partial charge in [-0.2, -0.15) is 0 Å². The third-order valence-electron chi connectivity index (χ3n) is 8.00. The molecular weight excluding hydrogens is 671 g/mol. The molecule has 0 bridgehead atoms. The molecule has 1 aliphatic carbocycles. The molecule has 0 amide bonds. The first-order valence-corrected chi connectivity index (χ1v) is 18.6. The molecule has 1 aliphatic heterocycles. The topological polar surface area (TPSA) is 119 Å². The maximum atomic E-state index is 8.00. The number of rotatable bonds is 16. The molecule has 1 saturated carbocycles. The maximum absolute atomic E-state index is 8.00. The van der Waals surface area contributed by atoms with Gasteiger partial charge in [-0.15, -0.1) is 24.7 Å². The summed E-state index contributed by atoms with van der Waals surface area (Å²) in [4.78, 5) is 16.3. The van der Waals surface area contributed by atoms with Gasteiger partial charge < -0.3 is 31.8 Å². The average molecular weight is 740 g/mol. The standard InChI is InChI=1S/C16H32N2.C10H8N.C9H13N3.C6H14N.CH2O.Cr/c1-4-5-6-7-12-18-14(2)16-10-8-15(9-11-16)13-17-3;1-2-7-10-9(5-1)6-3-4-8-11-10;1-7(2)12-9-3-8(4-10)5-11-6-9;1-3-5-7-6-4-2;1-2;/h15-18H,2,4-13H2,1,3H3;1-2,5-8H,4H2;3,5-6,12H,1,4,10H2,2H3;3-6H2,1-2H3;1H2;/q;-1;;-1;;+2. The predicted octanol–water partition coefficient (Wildman–Crippen LogP) is 9.78. The SMILES string of the molecule is C=C(C)Nc1cncc(CN)c1.C=C(NCCCCCC)C1CCC(CNC)CC1.C=O.CCC[N-]CCC.[C-]1=Cc2ccccc2N=CC1.[Cr+2]. The number of fused-ring (bicyclic) bond motifs is 1.